The largest absolute Gasteiger partial charge is 0.314 e. The average Bonchev–Trinajstić information content (AvgIpc) is 2.30. The van der Waals surface area contributed by atoms with Crippen LogP contribution in [0.1, 0.15) is 34.1 Å². The molecule has 0 saturated carbocycles. The van der Waals surface area contributed by atoms with Crippen molar-refractivity contribution in [3.05, 3.63) is 0 Å². The minimum atomic E-state index is 0.743. The van der Waals surface area contributed by atoms with Crippen molar-refractivity contribution in [1.82, 2.24) is 5.32 Å². The molecule has 0 aromatic heterocycles. The van der Waals surface area contributed by atoms with Crippen LogP contribution in [0, 0.1) is 17.8 Å². The summed E-state index contributed by atoms with van der Waals surface area (Å²) in [6, 6.07) is 0.743. The molecule has 1 nitrogen and oxygen atoms in total. The predicted octanol–water partition coefficient (Wildman–Crippen LogP) is 2.28. The Bertz CT molecular complexity index is 120. The van der Waals surface area contributed by atoms with Crippen LogP contribution >= 0.6 is 0 Å². The van der Waals surface area contributed by atoms with E-state index in [1.165, 1.54) is 13.0 Å². The third-order valence-electron chi connectivity index (χ3n) is 3.20. The van der Waals surface area contributed by atoms with Crippen LogP contribution in [-0.4, -0.2) is 12.6 Å². The molecule has 11 heavy (non-hydrogen) atoms. The highest BCUT2D eigenvalue weighted by atomic mass is 15.0. The van der Waals surface area contributed by atoms with Gasteiger partial charge in [-0.05, 0) is 31.2 Å². The van der Waals surface area contributed by atoms with E-state index in [1.807, 2.05) is 0 Å². The highest BCUT2D eigenvalue weighted by Crippen LogP contribution is 2.30. The van der Waals surface area contributed by atoms with Gasteiger partial charge in [-0.3, -0.25) is 0 Å². The summed E-state index contributed by atoms with van der Waals surface area (Å²) in [5.41, 5.74) is 0. The first-order valence-electron chi connectivity index (χ1n) is 4.90. The molecule has 1 aliphatic heterocycles. The fourth-order valence-electron chi connectivity index (χ4n) is 2.38. The molecule has 1 aliphatic rings. The van der Waals surface area contributed by atoms with Gasteiger partial charge in [0, 0.05) is 6.04 Å². The molecule has 3 atom stereocenters. The van der Waals surface area contributed by atoms with Crippen LogP contribution in [0.2, 0.25) is 0 Å². The van der Waals surface area contributed by atoms with Gasteiger partial charge in [0.2, 0.25) is 0 Å². The molecular formula is C10H21N. The van der Waals surface area contributed by atoms with Crippen LogP contribution in [0.3, 0.4) is 0 Å². The van der Waals surface area contributed by atoms with Crippen molar-refractivity contribution in [3.8, 4) is 0 Å². The van der Waals surface area contributed by atoms with Crippen molar-refractivity contribution in [2.45, 2.75) is 40.2 Å². The highest BCUT2D eigenvalue weighted by Gasteiger charge is 2.32. The summed E-state index contributed by atoms with van der Waals surface area (Å²) in [7, 11) is 0. The van der Waals surface area contributed by atoms with Crippen LogP contribution in [-0.2, 0) is 0 Å². The molecule has 1 rings (SSSR count). The zero-order chi connectivity index (χ0) is 8.43. The summed E-state index contributed by atoms with van der Waals surface area (Å²) in [4.78, 5) is 0. The van der Waals surface area contributed by atoms with Crippen molar-refractivity contribution in [1.29, 1.82) is 0 Å². The summed E-state index contributed by atoms with van der Waals surface area (Å²) < 4.78 is 0. The van der Waals surface area contributed by atoms with Gasteiger partial charge in [-0.1, -0.05) is 27.2 Å². The second-order valence-electron chi connectivity index (χ2n) is 4.18. The van der Waals surface area contributed by atoms with E-state index >= 15 is 0 Å². The molecule has 1 saturated heterocycles. The highest BCUT2D eigenvalue weighted by molar-refractivity contribution is 4.88. The third kappa shape index (κ3) is 1.76. The normalized spacial score (nSPS) is 38.5. The van der Waals surface area contributed by atoms with Gasteiger partial charge in [-0.2, -0.15) is 0 Å². The maximum atomic E-state index is 3.55. The molecule has 66 valence electrons. The molecular weight excluding hydrogens is 134 g/mol. The van der Waals surface area contributed by atoms with E-state index in [1.54, 1.807) is 0 Å². The number of rotatable bonds is 2. The van der Waals surface area contributed by atoms with Crippen LogP contribution in [0.5, 0.6) is 0 Å². The smallest absolute Gasteiger partial charge is 0.00702 e. The Morgan fingerprint density at radius 2 is 2.09 bits per heavy atom. The molecule has 0 spiro atoms. The predicted molar refractivity (Wildman–Crippen MR) is 49.6 cm³/mol. The summed E-state index contributed by atoms with van der Waals surface area (Å²) >= 11 is 0. The molecule has 0 bridgehead atoms. The Hall–Kier alpha value is -0.0400. The molecule has 0 amide bonds. The first-order valence-corrected chi connectivity index (χ1v) is 4.90. The maximum Gasteiger partial charge on any atom is 0.00702 e. The topological polar surface area (TPSA) is 12.0 Å². The number of hydrogen-bond acceptors (Lipinski definition) is 1. The molecule has 1 N–H and O–H groups in total. The van der Waals surface area contributed by atoms with Gasteiger partial charge in [-0.15, -0.1) is 0 Å². The molecule has 0 aromatic rings. The Balaban J connectivity index is 2.54. The minimum absolute atomic E-state index is 0.743. The van der Waals surface area contributed by atoms with Gasteiger partial charge in [0.25, 0.3) is 0 Å². The monoisotopic (exact) mass is 155 g/mol. The van der Waals surface area contributed by atoms with Gasteiger partial charge in [0.1, 0.15) is 0 Å². The van der Waals surface area contributed by atoms with E-state index in [4.69, 9.17) is 0 Å². The molecule has 1 heteroatoms. The second kappa shape index (κ2) is 3.57. The van der Waals surface area contributed by atoms with Crippen LogP contribution in [0.4, 0.5) is 0 Å². The lowest BCUT2D eigenvalue weighted by Crippen LogP contribution is -2.23. The summed E-state index contributed by atoms with van der Waals surface area (Å²) in [5.74, 6) is 2.67. The summed E-state index contributed by atoms with van der Waals surface area (Å²) in [6.45, 7) is 10.5. The quantitative estimate of drug-likeness (QED) is 0.645. The zero-order valence-electron chi connectivity index (χ0n) is 8.22. The Kier molecular flexibility index (Phi) is 2.94. The summed E-state index contributed by atoms with van der Waals surface area (Å²) in [6.07, 6.45) is 1.33. The van der Waals surface area contributed by atoms with Crippen molar-refractivity contribution in [3.63, 3.8) is 0 Å². The standard InChI is InChI=1S/C10H21N/c1-5-9-8(4)11-6-10(9)7(2)3/h7-11H,5-6H2,1-4H3. The van der Waals surface area contributed by atoms with Gasteiger partial charge in [0.15, 0.2) is 0 Å². The van der Waals surface area contributed by atoms with Crippen molar-refractivity contribution >= 4 is 0 Å². The Morgan fingerprint density at radius 3 is 2.45 bits per heavy atom. The fourth-order valence-corrected chi connectivity index (χ4v) is 2.38. The van der Waals surface area contributed by atoms with Crippen LogP contribution in [0.25, 0.3) is 0 Å². The van der Waals surface area contributed by atoms with Gasteiger partial charge in [-0.25, -0.2) is 0 Å². The summed E-state index contributed by atoms with van der Waals surface area (Å²) in [5, 5.41) is 3.55. The first kappa shape index (κ1) is 9.05. The van der Waals surface area contributed by atoms with E-state index in [0.29, 0.717) is 0 Å². The molecule has 1 fully saturated rings. The molecule has 0 aliphatic carbocycles. The zero-order valence-corrected chi connectivity index (χ0v) is 8.22. The lowest BCUT2D eigenvalue weighted by Gasteiger charge is -2.22. The van der Waals surface area contributed by atoms with Gasteiger partial charge in [0.05, 0.1) is 0 Å². The van der Waals surface area contributed by atoms with E-state index in [9.17, 15) is 0 Å². The van der Waals surface area contributed by atoms with Gasteiger partial charge >= 0.3 is 0 Å². The van der Waals surface area contributed by atoms with Crippen LogP contribution < -0.4 is 5.32 Å². The van der Waals surface area contributed by atoms with E-state index in [-0.39, 0.29) is 0 Å². The van der Waals surface area contributed by atoms with Gasteiger partial charge < -0.3 is 5.32 Å². The number of hydrogen-bond donors (Lipinski definition) is 1. The molecule has 0 radical (unpaired) electrons. The van der Waals surface area contributed by atoms with E-state index in [2.05, 4.69) is 33.0 Å². The lowest BCUT2D eigenvalue weighted by molar-refractivity contribution is 0.289. The van der Waals surface area contributed by atoms with Crippen molar-refractivity contribution in [2.24, 2.45) is 17.8 Å². The third-order valence-corrected chi connectivity index (χ3v) is 3.20. The van der Waals surface area contributed by atoms with E-state index in [0.717, 1.165) is 23.8 Å². The molecule has 1 heterocycles. The minimum Gasteiger partial charge on any atom is -0.314 e. The molecule has 3 unspecified atom stereocenters. The second-order valence-corrected chi connectivity index (χ2v) is 4.18. The van der Waals surface area contributed by atoms with Crippen molar-refractivity contribution < 1.29 is 0 Å². The van der Waals surface area contributed by atoms with E-state index < -0.39 is 0 Å². The first-order chi connectivity index (χ1) is 5.16. The van der Waals surface area contributed by atoms with Crippen molar-refractivity contribution in [2.75, 3.05) is 6.54 Å². The number of nitrogens with one attached hydrogen (secondary N) is 1. The Labute approximate surface area is 70.6 Å². The maximum absolute atomic E-state index is 3.55. The fraction of sp³-hybridized carbons (Fsp3) is 1.00. The SMILES string of the molecule is CCC1C(C)NCC1C(C)C. The average molecular weight is 155 g/mol. The Morgan fingerprint density at radius 1 is 1.45 bits per heavy atom. The van der Waals surface area contributed by atoms with Crippen LogP contribution in [0.15, 0.2) is 0 Å². The molecule has 0 aromatic carbocycles. The lowest BCUT2D eigenvalue weighted by atomic mass is 9.82.